The van der Waals surface area contributed by atoms with E-state index in [0.717, 1.165) is 16.9 Å². The van der Waals surface area contributed by atoms with Crippen LogP contribution in [0.3, 0.4) is 0 Å². The van der Waals surface area contributed by atoms with E-state index in [2.05, 4.69) is 15.0 Å². The van der Waals surface area contributed by atoms with Crippen molar-refractivity contribution in [2.75, 3.05) is 6.61 Å². The summed E-state index contributed by atoms with van der Waals surface area (Å²) in [6, 6.07) is 10.9. The van der Waals surface area contributed by atoms with Gasteiger partial charge in [-0.1, -0.05) is 23.9 Å². The first-order valence-electron chi connectivity index (χ1n) is 7.53. The average molecular weight is 354 g/mol. The number of aromatic amines is 2. The summed E-state index contributed by atoms with van der Waals surface area (Å²) >= 11 is 1.26. The zero-order valence-electron chi connectivity index (χ0n) is 13.3. The van der Waals surface area contributed by atoms with E-state index in [1.165, 1.54) is 17.8 Å². The van der Waals surface area contributed by atoms with Gasteiger partial charge in [-0.3, -0.25) is 4.79 Å². The Labute approximate surface area is 147 Å². The van der Waals surface area contributed by atoms with E-state index in [9.17, 15) is 14.9 Å². The molecule has 2 aromatic heterocycles. The van der Waals surface area contributed by atoms with E-state index < -0.39 is 11.5 Å². The summed E-state index contributed by atoms with van der Waals surface area (Å²) in [7, 11) is 0. The van der Waals surface area contributed by atoms with Crippen molar-refractivity contribution in [1.29, 1.82) is 5.26 Å². The van der Waals surface area contributed by atoms with E-state index in [1.54, 1.807) is 6.92 Å². The molecule has 0 atom stereocenters. The lowest BCUT2D eigenvalue weighted by atomic mass is 10.2. The zero-order chi connectivity index (χ0) is 17.8. The number of aromatic nitrogens is 3. The summed E-state index contributed by atoms with van der Waals surface area (Å²) in [6.07, 6.45) is 0. The Bertz CT molecular complexity index is 999. The topological polar surface area (TPSA) is 112 Å². The Kier molecular flexibility index (Phi) is 4.86. The number of ether oxygens (including phenoxy) is 1. The van der Waals surface area contributed by atoms with Gasteiger partial charge in [-0.05, 0) is 25.1 Å². The largest absolute Gasteiger partial charge is 0.462 e. The molecule has 0 unspecified atom stereocenters. The second-order valence-corrected chi connectivity index (χ2v) is 6.06. The highest BCUT2D eigenvalue weighted by molar-refractivity contribution is 7.98. The van der Waals surface area contributed by atoms with Crippen molar-refractivity contribution in [3.63, 3.8) is 0 Å². The van der Waals surface area contributed by atoms with Crippen molar-refractivity contribution in [2.45, 2.75) is 17.7 Å². The van der Waals surface area contributed by atoms with Gasteiger partial charge in [0.2, 0.25) is 0 Å². The zero-order valence-corrected chi connectivity index (χ0v) is 14.1. The highest BCUT2D eigenvalue weighted by Crippen LogP contribution is 2.23. The summed E-state index contributed by atoms with van der Waals surface area (Å²) in [5.74, 6) is 0.428. The molecule has 2 heterocycles. The number of imidazole rings is 1. The minimum atomic E-state index is -0.742. The number of nitriles is 1. The van der Waals surface area contributed by atoms with Crippen LogP contribution in [-0.2, 0) is 10.5 Å². The van der Waals surface area contributed by atoms with Gasteiger partial charge in [-0.25, -0.2) is 9.78 Å². The summed E-state index contributed by atoms with van der Waals surface area (Å²) in [5.41, 5.74) is 1.23. The van der Waals surface area contributed by atoms with Gasteiger partial charge in [-0.15, -0.1) is 0 Å². The molecule has 3 rings (SSSR count). The van der Waals surface area contributed by atoms with Crippen molar-refractivity contribution < 1.29 is 9.53 Å². The summed E-state index contributed by atoms with van der Waals surface area (Å²) in [5, 5.41) is 9.69. The fourth-order valence-electron chi connectivity index (χ4n) is 2.29. The molecular weight excluding hydrogens is 340 g/mol. The van der Waals surface area contributed by atoms with Gasteiger partial charge < -0.3 is 14.7 Å². The summed E-state index contributed by atoms with van der Waals surface area (Å²) < 4.78 is 4.82. The monoisotopic (exact) mass is 354 g/mol. The maximum absolute atomic E-state index is 12.1. The molecule has 2 N–H and O–H groups in total. The second kappa shape index (κ2) is 7.23. The molecule has 0 saturated heterocycles. The molecule has 0 aliphatic rings. The summed E-state index contributed by atoms with van der Waals surface area (Å²) in [4.78, 5) is 34.0. The lowest BCUT2D eigenvalue weighted by molar-refractivity contribution is 0.0524. The average Bonchev–Trinajstić information content (AvgIpc) is 3.03. The lowest BCUT2D eigenvalue weighted by Gasteiger charge is -2.05. The quantitative estimate of drug-likeness (QED) is 0.538. The number of benzene rings is 1. The van der Waals surface area contributed by atoms with Crippen LogP contribution in [0.5, 0.6) is 0 Å². The number of pyridine rings is 1. The highest BCUT2D eigenvalue weighted by Gasteiger charge is 2.16. The van der Waals surface area contributed by atoms with Crippen LogP contribution in [0.15, 0.2) is 40.2 Å². The van der Waals surface area contributed by atoms with E-state index in [0.29, 0.717) is 10.8 Å². The molecule has 1 aromatic carbocycles. The smallest absolute Gasteiger partial charge is 0.343 e. The third kappa shape index (κ3) is 3.56. The first-order chi connectivity index (χ1) is 12.1. The fourth-order valence-corrected chi connectivity index (χ4v) is 3.13. The second-order valence-electron chi connectivity index (χ2n) is 5.08. The SMILES string of the molecule is CCOC(=O)c1cc(C#N)c(SCc2nc3ccccc3[nH]2)[nH]c1=O. The Morgan fingerprint density at radius 2 is 2.16 bits per heavy atom. The number of fused-ring (bicyclic) bond motifs is 1. The molecule has 25 heavy (non-hydrogen) atoms. The number of para-hydroxylation sites is 2. The minimum absolute atomic E-state index is 0.155. The van der Waals surface area contributed by atoms with Crippen LogP contribution in [-0.4, -0.2) is 27.5 Å². The normalized spacial score (nSPS) is 10.6. The molecule has 126 valence electrons. The maximum atomic E-state index is 12.1. The molecule has 0 saturated carbocycles. The number of nitrogens with zero attached hydrogens (tertiary/aromatic N) is 2. The van der Waals surface area contributed by atoms with Gasteiger partial charge in [0, 0.05) is 0 Å². The van der Waals surface area contributed by atoms with Crippen molar-refractivity contribution in [1.82, 2.24) is 15.0 Å². The number of rotatable bonds is 5. The van der Waals surface area contributed by atoms with Gasteiger partial charge >= 0.3 is 5.97 Å². The Hall–Kier alpha value is -3.05. The minimum Gasteiger partial charge on any atom is -0.462 e. The lowest BCUT2D eigenvalue weighted by Crippen LogP contribution is -2.20. The molecule has 7 nitrogen and oxygen atoms in total. The number of hydrogen-bond donors (Lipinski definition) is 2. The van der Waals surface area contributed by atoms with E-state index in [4.69, 9.17) is 4.74 Å². The molecule has 0 amide bonds. The first kappa shape index (κ1) is 16.8. The van der Waals surface area contributed by atoms with Crippen molar-refractivity contribution >= 4 is 28.8 Å². The van der Waals surface area contributed by atoms with Gasteiger partial charge in [0.25, 0.3) is 5.56 Å². The highest BCUT2D eigenvalue weighted by atomic mass is 32.2. The van der Waals surface area contributed by atoms with Crippen LogP contribution in [0.25, 0.3) is 11.0 Å². The Balaban J connectivity index is 1.84. The molecule has 0 aliphatic heterocycles. The van der Waals surface area contributed by atoms with E-state index in [1.807, 2.05) is 30.3 Å². The van der Waals surface area contributed by atoms with Crippen LogP contribution in [0, 0.1) is 11.3 Å². The molecule has 0 aliphatic carbocycles. The van der Waals surface area contributed by atoms with E-state index in [-0.39, 0.29) is 17.7 Å². The predicted octanol–water partition coefficient (Wildman–Crippen LogP) is 2.59. The summed E-state index contributed by atoms with van der Waals surface area (Å²) in [6.45, 7) is 1.80. The van der Waals surface area contributed by atoms with Crippen molar-refractivity contribution in [2.24, 2.45) is 0 Å². The molecule has 0 spiro atoms. The Morgan fingerprint density at radius 1 is 1.36 bits per heavy atom. The number of nitrogens with one attached hydrogen (secondary N) is 2. The third-order valence-electron chi connectivity index (χ3n) is 3.41. The molecule has 8 heteroatoms. The van der Waals surface area contributed by atoms with Crippen molar-refractivity contribution in [3.05, 3.63) is 57.6 Å². The number of carbonyl (C=O) groups excluding carboxylic acids is 1. The van der Waals surface area contributed by atoms with Crippen LogP contribution in [0.2, 0.25) is 0 Å². The number of esters is 1. The molecular formula is C17H14N4O3S. The standard InChI is InChI=1S/C17H14N4O3S/c1-2-24-17(23)11-7-10(8-18)16(21-15(11)22)25-9-14-19-12-5-3-4-6-13(12)20-14/h3-7H,2,9H2,1H3,(H,19,20)(H,21,22). The van der Waals surface area contributed by atoms with Gasteiger partial charge in [-0.2, -0.15) is 5.26 Å². The molecule has 3 aromatic rings. The van der Waals surface area contributed by atoms with Crippen molar-refractivity contribution in [3.8, 4) is 6.07 Å². The number of hydrogen-bond acceptors (Lipinski definition) is 6. The number of thioether (sulfide) groups is 1. The fraction of sp³-hybridized carbons (Fsp3) is 0.176. The molecule has 0 bridgehead atoms. The van der Waals surface area contributed by atoms with Gasteiger partial charge in [0.1, 0.15) is 17.5 Å². The van der Waals surface area contributed by atoms with Gasteiger partial charge in [0.05, 0.1) is 34.0 Å². The number of carbonyl (C=O) groups is 1. The van der Waals surface area contributed by atoms with Crippen LogP contribution < -0.4 is 5.56 Å². The third-order valence-corrected chi connectivity index (χ3v) is 4.44. The van der Waals surface area contributed by atoms with Crippen LogP contribution >= 0.6 is 11.8 Å². The molecule has 0 fully saturated rings. The van der Waals surface area contributed by atoms with E-state index >= 15 is 0 Å². The maximum Gasteiger partial charge on any atom is 0.343 e. The van der Waals surface area contributed by atoms with Crippen LogP contribution in [0.4, 0.5) is 0 Å². The Morgan fingerprint density at radius 3 is 2.88 bits per heavy atom. The van der Waals surface area contributed by atoms with Crippen LogP contribution in [0.1, 0.15) is 28.7 Å². The predicted molar refractivity (Wildman–Crippen MR) is 93.4 cm³/mol. The number of H-pyrrole nitrogens is 2. The first-order valence-corrected chi connectivity index (χ1v) is 8.52. The molecule has 0 radical (unpaired) electrons. The van der Waals surface area contributed by atoms with Gasteiger partial charge in [0.15, 0.2) is 0 Å².